The first-order valence-corrected chi connectivity index (χ1v) is 10.7. The van der Waals surface area contributed by atoms with Crippen LogP contribution in [-0.2, 0) is 11.2 Å². The van der Waals surface area contributed by atoms with Crippen LogP contribution < -0.4 is 11.1 Å². The molecule has 6 nitrogen and oxygen atoms in total. The van der Waals surface area contributed by atoms with Gasteiger partial charge in [0, 0.05) is 30.0 Å². The lowest BCUT2D eigenvalue weighted by Crippen LogP contribution is -2.28. The van der Waals surface area contributed by atoms with Gasteiger partial charge in [-0.3, -0.25) is 9.78 Å². The van der Waals surface area contributed by atoms with Gasteiger partial charge in [-0.2, -0.15) is 0 Å². The van der Waals surface area contributed by atoms with Gasteiger partial charge in [-0.05, 0) is 65.3 Å². The average Bonchev–Trinajstić information content (AvgIpc) is 2.81. The van der Waals surface area contributed by atoms with Gasteiger partial charge < -0.3 is 16.2 Å². The van der Waals surface area contributed by atoms with Gasteiger partial charge in [-0.15, -0.1) is 0 Å². The molecule has 0 aliphatic carbocycles. The minimum Gasteiger partial charge on any atom is -0.478 e. The molecule has 1 heterocycles. The predicted octanol–water partition coefficient (Wildman–Crippen LogP) is 4.51. The van der Waals surface area contributed by atoms with Crippen molar-refractivity contribution in [2.45, 2.75) is 19.3 Å². The van der Waals surface area contributed by atoms with Crippen LogP contribution in [0, 0.1) is 6.92 Å². The molecule has 1 atom stereocenters. The zero-order chi connectivity index (χ0) is 23.4. The van der Waals surface area contributed by atoms with Crippen LogP contribution in [0.3, 0.4) is 0 Å². The first-order valence-electron chi connectivity index (χ1n) is 10.7. The summed E-state index contributed by atoms with van der Waals surface area (Å²) in [4.78, 5) is 28.7. The fourth-order valence-electron chi connectivity index (χ4n) is 4.11. The molecule has 0 radical (unpaired) electrons. The second kappa shape index (κ2) is 9.63. The SMILES string of the molecule is Cc1cc(Cc2ccccc2C(=O)O)ccc1C(CN)C(=O)Nc1ccc2cnccc2c1. The van der Waals surface area contributed by atoms with Crippen molar-refractivity contribution in [1.29, 1.82) is 0 Å². The van der Waals surface area contributed by atoms with E-state index in [1.807, 2.05) is 61.5 Å². The molecule has 1 amide bonds. The Labute approximate surface area is 192 Å². The Morgan fingerprint density at radius 3 is 2.61 bits per heavy atom. The van der Waals surface area contributed by atoms with Crippen LogP contribution in [-0.4, -0.2) is 28.5 Å². The number of amides is 1. The predicted molar refractivity (Wildman–Crippen MR) is 130 cm³/mol. The molecule has 33 heavy (non-hydrogen) atoms. The molecule has 1 aromatic heterocycles. The van der Waals surface area contributed by atoms with Crippen molar-refractivity contribution >= 4 is 28.3 Å². The highest BCUT2D eigenvalue weighted by Gasteiger charge is 2.21. The van der Waals surface area contributed by atoms with Gasteiger partial charge in [-0.1, -0.05) is 42.5 Å². The molecule has 0 saturated heterocycles. The number of anilines is 1. The van der Waals surface area contributed by atoms with E-state index < -0.39 is 11.9 Å². The van der Waals surface area contributed by atoms with Crippen molar-refractivity contribution in [2.75, 3.05) is 11.9 Å². The summed E-state index contributed by atoms with van der Waals surface area (Å²) in [5, 5.41) is 14.4. The van der Waals surface area contributed by atoms with Crippen molar-refractivity contribution in [2.24, 2.45) is 5.73 Å². The number of benzene rings is 3. The van der Waals surface area contributed by atoms with Crippen molar-refractivity contribution in [1.82, 2.24) is 4.98 Å². The molecule has 0 spiro atoms. The maximum atomic E-state index is 13.1. The topological polar surface area (TPSA) is 105 Å². The highest BCUT2D eigenvalue weighted by Crippen LogP contribution is 2.25. The van der Waals surface area contributed by atoms with E-state index in [2.05, 4.69) is 10.3 Å². The van der Waals surface area contributed by atoms with E-state index in [-0.39, 0.29) is 12.5 Å². The molecule has 0 aliphatic rings. The van der Waals surface area contributed by atoms with Crippen molar-refractivity contribution in [3.8, 4) is 0 Å². The van der Waals surface area contributed by atoms with Crippen LogP contribution in [0.15, 0.2) is 79.1 Å². The van der Waals surface area contributed by atoms with E-state index >= 15 is 0 Å². The van der Waals surface area contributed by atoms with Crippen LogP contribution in [0.4, 0.5) is 5.69 Å². The quantitative estimate of drug-likeness (QED) is 0.393. The number of pyridine rings is 1. The van der Waals surface area contributed by atoms with Gasteiger partial charge in [0.2, 0.25) is 5.91 Å². The lowest BCUT2D eigenvalue weighted by Gasteiger charge is -2.19. The number of nitrogens with two attached hydrogens (primary N) is 1. The molecule has 0 aliphatic heterocycles. The Kier molecular flexibility index (Phi) is 6.47. The van der Waals surface area contributed by atoms with Crippen LogP contribution in [0.5, 0.6) is 0 Å². The van der Waals surface area contributed by atoms with E-state index in [1.165, 1.54) is 0 Å². The third-order valence-electron chi connectivity index (χ3n) is 5.81. The number of carbonyl (C=O) groups is 2. The first kappa shape index (κ1) is 22.2. The Morgan fingerprint density at radius 1 is 1.03 bits per heavy atom. The number of aryl methyl sites for hydroxylation is 1. The fraction of sp³-hybridized carbons (Fsp3) is 0.148. The molecule has 1 unspecified atom stereocenters. The minimum absolute atomic E-state index is 0.169. The number of aromatic carboxylic acids is 1. The molecular weight excluding hydrogens is 414 g/mol. The monoisotopic (exact) mass is 439 g/mol. The smallest absolute Gasteiger partial charge is 0.335 e. The Hall–Kier alpha value is -4.03. The van der Waals surface area contributed by atoms with E-state index in [9.17, 15) is 14.7 Å². The fourth-order valence-corrected chi connectivity index (χ4v) is 4.11. The van der Waals surface area contributed by atoms with Gasteiger partial charge in [0.15, 0.2) is 0 Å². The largest absolute Gasteiger partial charge is 0.478 e. The van der Waals surface area contributed by atoms with E-state index in [0.717, 1.165) is 33.0 Å². The zero-order valence-electron chi connectivity index (χ0n) is 18.3. The number of carbonyl (C=O) groups excluding carboxylic acids is 1. The number of rotatable bonds is 7. The lowest BCUT2D eigenvalue weighted by atomic mass is 9.90. The van der Waals surface area contributed by atoms with Crippen molar-refractivity contribution in [3.63, 3.8) is 0 Å². The van der Waals surface area contributed by atoms with Gasteiger partial charge in [0.25, 0.3) is 0 Å². The summed E-state index contributed by atoms with van der Waals surface area (Å²) in [6.45, 7) is 2.12. The van der Waals surface area contributed by atoms with Crippen LogP contribution >= 0.6 is 0 Å². The molecule has 4 N–H and O–H groups in total. The van der Waals surface area contributed by atoms with Gasteiger partial charge >= 0.3 is 5.97 Å². The normalized spacial score (nSPS) is 11.8. The molecule has 4 aromatic rings. The number of hydrogen-bond acceptors (Lipinski definition) is 4. The summed E-state index contributed by atoms with van der Waals surface area (Å²) in [6.07, 6.45) is 3.99. The molecular formula is C27H25N3O3. The summed E-state index contributed by atoms with van der Waals surface area (Å²) >= 11 is 0. The molecule has 0 bridgehead atoms. The maximum Gasteiger partial charge on any atom is 0.335 e. The Bertz CT molecular complexity index is 1330. The van der Waals surface area contributed by atoms with E-state index in [1.54, 1.807) is 24.5 Å². The summed E-state index contributed by atoms with van der Waals surface area (Å²) < 4.78 is 0. The number of nitrogens with one attached hydrogen (secondary N) is 1. The lowest BCUT2D eigenvalue weighted by molar-refractivity contribution is -0.117. The molecule has 3 aromatic carbocycles. The number of aromatic nitrogens is 1. The first-order chi connectivity index (χ1) is 16.0. The molecule has 0 saturated carbocycles. The second-order valence-corrected chi connectivity index (χ2v) is 8.05. The summed E-state index contributed by atoms with van der Waals surface area (Å²) in [5.41, 5.74) is 10.5. The van der Waals surface area contributed by atoms with E-state index in [0.29, 0.717) is 17.7 Å². The molecule has 0 fully saturated rings. The highest BCUT2D eigenvalue weighted by molar-refractivity contribution is 5.98. The standard InChI is InChI=1S/C27H25N3O3/c1-17-12-18(13-20-4-2-3-5-24(20)27(32)33)6-9-23(17)25(15-28)26(31)30-22-8-7-21-16-29-11-10-19(21)14-22/h2-12,14,16,25H,13,15,28H2,1H3,(H,30,31)(H,32,33). The highest BCUT2D eigenvalue weighted by atomic mass is 16.4. The third-order valence-corrected chi connectivity index (χ3v) is 5.81. The molecule has 166 valence electrons. The number of carboxylic acid groups (broad SMARTS) is 1. The molecule has 6 heteroatoms. The summed E-state index contributed by atoms with van der Waals surface area (Å²) in [5.74, 6) is -1.61. The number of nitrogens with zero attached hydrogens (tertiary/aromatic N) is 1. The second-order valence-electron chi connectivity index (χ2n) is 8.05. The number of fused-ring (bicyclic) bond motifs is 1. The number of hydrogen-bond donors (Lipinski definition) is 3. The Morgan fingerprint density at radius 2 is 1.85 bits per heavy atom. The minimum atomic E-state index is -0.941. The Balaban J connectivity index is 1.54. The molecule has 4 rings (SSSR count). The number of carboxylic acids is 1. The van der Waals surface area contributed by atoms with Gasteiger partial charge in [0.05, 0.1) is 11.5 Å². The summed E-state index contributed by atoms with van der Waals surface area (Å²) in [7, 11) is 0. The van der Waals surface area contributed by atoms with Crippen LogP contribution in [0.25, 0.3) is 10.8 Å². The van der Waals surface area contributed by atoms with Crippen LogP contribution in [0.2, 0.25) is 0 Å². The van der Waals surface area contributed by atoms with Gasteiger partial charge in [0.1, 0.15) is 0 Å². The van der Waals surface area contributed by atoms with Crippen LogP contribution in [0.1, 0.15) is 38.5 Å². The average molecular weight is 440 g/mol. The maximum absolute atomic E-state index is 13.1. The zero-order valence-corrected chi connectivity index (χ0v) is 18.3. The third kappa shape index (κ3) is 4.91. The van der Waals surface area contributed by atoms with Crippen molar-refractivity contribution in [3.05, 3.63) is 107 Å². The van der Waals surface area contributed by atoms with E-state index in [4.69, 9.17) is 5.73 Å². The van der Waals surface area contributed by atoms with Gasteiger partial charge in [-0.25, -0.2) is 4.79 Å². The van der Waals surface area contributed by atoms with Crippen molar-refractivity contribution < 1.29 is 14.7 Å². The summed E-state index contributed by atoms with van der Waals surface area (Å²) in [6, 6.07) is 20.4.